The summed E-state index contributed by atoms with van der Waals surface area (Å²) in [5.41, 5.74) is 0.717. The highest BCUT2D eigenvalue weighted by atomic mass is 32.2. The van der Waals surface area contributed by atoms with Gasteiger partial charge in [0, 0.05) is 12.1 Å². The molecule has 6 heteroatoms. The van der Waals surface area contributed by atoms with Crippen molar-refractivity contribution in [2.45, 2.75) is 44.6 Å². The molecule has 1 N–H and O–H groups in total. The predicted molar refractivity (Wildman–Crippen MR) is 89.3 cm³/mol. The van der Waals surface area contributed by atoms with E-state index in [1.54, 1.807) is 0 Å². The number of benzene rings is 1. The number of ether oxygens (including phenoxy) is 1. The fraction of sp³-hybridized carbons (Fsp3) is 0.588. The number of hydrogen-bond acceptors (Lipinski definition) is 4. The van der Waals surface area contributed by atoms with E-state index < -0.39 is 9.84 Å². The predicted octanol–water partition coefficient (Wildman–Crippen LogP) is 2.77. The van der Waals surface area contributed by atoms with E-state index in [0.29, 0.717) is 12.5 Å². The van der Waals surface area contributed by atoms with Crippen molar-refractivity contribution in [3.05, 3.63) is 24.3 Å². The summed E-state index contributed by atoms with van der Waals surface area (Å²) in [7, 11) is -2.93. The lowest BCUT2D eigenvalue weighted by molar-refractivity contribution is -0.116. The van der Waals surface area contributed by atoms with Gasteiger partial charge < -0.3 is 10.1 Å². The molecule has 0 spiro atoms. The van der Waals surface area contributed by atoms with Crippen molar-refractivity contribution >= 4 is 21.4 Å². The molecule has 0 aromatic heterocycles. The van der Waals surface area contributed by atoms with E-state index in [1.807, 2.05) is 24.3 Å². The van der Waals surface area contributed by atoms with Gasteiger partial charge in [-0.1, -0.05) is 0 Å². The van der Waals surface area contributed by atoms with Crippen molar-refractivity contribution in [3.63, 3.8) is 0 Å². The molecule has 23 heavy (non-hydrogen) atoms. The number of amides is 1. The van der Waals surface area contributed by atoms with Crippen LogP contribution in [0.2, 0.25) is 0 Å². The lowest BCUT2D eigenvalue weighted by Gasteiger charge is -2.14. The first kappa shape index (κ1) is 16.3. The van der Waals surface area contributed by atoms with Crippen molar-refractivity contribution in [1.29, 1.82) is 0 Å². The van der Waals surface area contributed by atoms with Crippen molar-refractivity contribution in [2.24, 2.45) is 5.92 Å². The molecular weight excluding hydrogens is 314 g/mol. The summed E-state index contributed by atoms with van der Waals surface area (Å²) < 4.78 is 28.7. The van der Waals surface area contributed by atoms with Gasteiger partial charge in [0.1, 0.15) is 5.75 Å². The molecule has 5 nitrogen and oxygen atoms in total. The third-order valence-electron chi connectivity index (χ3n) is 4.54. The van der Waals surface area contributed by atoms with Crippen molar-refractivity contribution < 1.29 is 17.9 Å². The summed E-state index contributed by atoms with van der Waals surface area (Å²) in [4.78, 5) is 12.0. The lowest BCUT2D eigenvalue weighted by atomic mass is 10.1. The highest BCUT2D eigenvalue weighted by Gasteiger charge is 2.29. The van der Waals surface area contributed by atoms with Crippen molar-refractivity contribution in [3.8, 4) is 5.75 Å². The molecule has 2 fully saturated rings. The van der Waals surface area contributed by atoms with E-state index in [4.69, 9.17) is 4.74 Å². The molecule has 1 saturated carbocycles. The minimum atomic E-state index is -2.93. The van der Waals surface area contributed by atoms with Crippen LogP contribution in [0, 0.1) is 5.92 Å². The van der Waals surface area contributed by atoms with Crippen LogP contribution in [0.3, 0.4) is 0 Å². The van der Waals surface area contributed by atoms with Crippen LogP contribution in [0.4, 0.5) is 5.69 Å². The number of anilines is 1. The molecule has 2 aliphatic rings. The Bertz CT molecular complexity index is 648. The summed E-state index contributed by atoms with van der Waals surface area (Å²) >= 11 is 0. The molecule has 3 rings (SSSR count). The molecule has 1 heterocycles. The van der Waals surface area contributed by atoms with Crippen LogP contribution in [0.1, 0.15) is 38.5 Å². The van der Waals surface area contributed by atoms with E-state index >= 15 is 0 Å². The van der Waals surface area contributed by atoms with E-state index in [2.05, 4.69) is 5.32 Å². The first-order valence-electron chi connectivity index (χ1n) is 8.27. The van der Waals surface area contributed by atoms with Gasteiger partial charge in [-0.2, -0.15) is 0 Å². The van der Waals surface area contributed by atoms with Crippen LogP contribution >= 0.6 is 0 Å². The molecule has 1 saturated heterocycles. The standard InChI is InChI=1S/C17H23NO4S/c19-17(11-13-9-10-23(20,21)12-13)18-14-5-7-16(8-6-14)22-15-3-1-2-4-15/h5-8,13,15H,1-4,9-12H2,(H,18,19). The second-order valence-corrected chi connectivity index (χ2v) is 8.80. The minimum Gasteiger partial charge on any atom is -0.490 e. The smallest absolute Gasteiger partial charge is 0.224 e. The number of hydrogen-bond donors (Lipinski definition) is 1. The molecular formula is C17H23NO4S. The molecule has 126 valence electrons. The molecule has 1 aliphatic heterocycles. The first-order valence-corrected chi connectivity index (χ1v) is 10.1. The number of nitrogens with one attached hydrogen (secondary N) is 1. The molecule has 1 unspecified atom stereocenters. The fourth-order valence-corrected chi connectivity index (χ4v) is 5.18. The summed E-state index contributed by atoms with van der Waals surface area (Å²) in [5.74, 6) is 0.991. The Balaban J connectivity index is 1.48. The maximum atomic E-state index is 12.0. The van der Waals surface area contributed by atoms with Gasteiger partial charge in [-0.15, -0.1) is 0 Å². The second kappa shape index (κ2) is 6.91. The van der Waals surface area contributed by atoms with Gasteiger partial charge in [0.2, 0.25) is 5.91 Å². The molecule has 0 radical (unpaired) electrons. The first-order chi connectivity index (χ1) is 11.0. The summed E-state index contributed by atoms with van der Waals surface area (Å²) in [5, 5.41) is 2.83. The Morgan fingerprint density at radius 1 is 1.13 bits per heavy atom. The Morgan fingerprint density at radius 2 is 1.83 bits per heavy atom. The van der Waals surface area contributed by atoms with Gasteiger partial charge in [0.05, 0.1) is 17.6 Å². The number of rotatable bonds is 5. The Morgan fingerprint density at radius 3 is 2.43 bits per heavy atom. The molecule has 0 bridgehead atoms. The fourth-order valence-electron chi connectivity index (χ4n) is 3.32. The maximum Gasteiger partial charge on any atom is 0.224 e. The van der Waals surface area contributed by atoms with E-state index in [-0.39, 0.29) is 29.8 Å². The Hall–Kier alpha value is -1.56. The molecule has 1 aliphatic carbocycles. The normalized spacial score (nSPS) is 23.7. The maximum absolute atomic E-state index is 12.0. The quantitative estimate of drug-likeness (QED) is 0.897. The molecule has 1 amide bonds. The van der Waals surface area contributed by atoms with Gasteiger partial charge >= 0.3 is 0 Å². The SMILES string of the molecule is O=C(CC1CCS(=O)(=O)C1)Nc1ccc(OC2CCCC2)cc1. The van der Waals surface area contributed by atoms with Gasteiger partial charge in [-0.3, -0.25) is 4.79 Å². The third kappa shape index (κ3) is 4.70. The van der Waals surface area contributed by atoms with Crippen molar-refractivity contribution in [2.75, 3.05) is 16.8 Å². The highest BCUT2D eigenvalue weighted by Crippen LogP contribution is 2.25. The van der Waals surface area contributed by atoms with Crippen LogP contribution in [0.5, 0.6) is 5.75 Å². The summed E-state index contributed by atoms with van der Waals surface area (Å²) in [6.45, 7) is 0. The van der Waals surface area contributed by atoms with Gasteiger partial charge in [-0.25, -0.2) is 8.42 Å². The molecule has 1 atom stereocenters. The average molecular weight is 337 g/mol. The largest absolute Gasteiger partial charge is 0.490 e. The Labute approximate surface area is 137 Å². The Kier molecular flexibility index (Phi) is 4.90. The van der Waals surface area contributed by atoms with Crippen LogP contribution in [0.15, 0.2) is 24.3 Å². The average Bonchev–Trinajstić information content (AvgIpc) is 3.11. The van der Waals surface area contributed by atoms with Gasteiger partial charge in [0.25, 0.3) is 0 Å². The highest BCUT2D eigenvalue weighted by molar-refractivity contribution is 7.91. The van der Waals surface area contributed by atoms with Crippen molar-refractivity contribution in [1.82, 2.24) is 0 Å². The van der Waals surface area contributed by atoms with E-state index in [1.165, 1.54) is 12.8 Å². The molecule has 1 aromatic carbocycles. The zero-order chi connectivity index (χ0) is 16.3. The zero-order valence-electron chi connectivity index (χ0n) is 13.2. The number of carbonyl (C=O) groups excluding carboxylic acids is 1. The van der Waals surface area contributed by atoms with Crippen LogP contribution in [0.25, 0.3) is 0 Å². The topological polar surface area (TPSA) is 72.5 Å². The monoisotopic (exact) mass is 337 g/mol. The molecule has 1 aromatic rings. The van der Waals surface area contributed by atoms with E-state index in [9.17, 15) is 13.2 Å². The van der Waals surface area contributed by atoms with Crippen LogP contribution in [-0.4, -0.2) is 31.9 Å². The summed E-state index contributed by atoms with van der Waals surface area (Å²) in [6, 6.07) is 7.39. The van der Waals surface area contributed by atoms with Crippen LogP contribution in [-0.2, 0) is 14.6 Å². The second-order valence-electron chi connectivity index (χ2n) is 6.57. The van der Waals surface area contributed by atoms with Crippen LogP contribution < -0.4 is 10.1 Å². The van der Waals surface area contributed by atoms with Gasteiger partial charge in [0.15, 0.2) is 9.84 Å². The zero-order valence-corrected chi connectivity index (χ0v) is 14.0. The third-order valence-corrected chi connectivity index (χ3v) is 6.38. The minimum absolute atomic E-state index is 0.0510. The lowest BCUT2D eigenvalue weighted by Crippen LogP contribution is -2.17. The van der Waals surface area contributed by atoms with E-state index in [0.717, 1.165) is 24.3 Å². The number of sulfone groups is 1. The number of carbonyl (C=O) groups is 1. The van der Waals surface area contributed by atoms with Gasteiger partial charge in [-0.05, 0) is 62.3 Å². The summed E-state index contributed by atoms with van der Waals surface area (Å²) in [6.07, 6.45) is 5.86.